The molecule has 0 bridgehead atoms. The zero-order valence-electron chi connectivity index (χ0n) is 11.7. The minimum atomic E-state index is -0.0610. The van der Waals surface area contributed by atoms with Crippen LogP contribution >= 0.6 is 0 Å². The topological polar surface area (TPSA) is 64.3 Å². The van der Waals surface area contributed by atoms with Crippen molar-refractivity contribution in [2.45, 2.75) is 32.6 Å². The lowest BCUT2D eigenvalue weighted by Crippen LogP contribution is -2.41. The number of ether oxygens (including phenoxy) is 1. The van der Waals surface area contributed by atoms with Gasteiger partial charge in [-0.25, -0.2) is 0 Å². The molecule has 4 nitrogen and oxygen atoms in total. The average molecular weight is 262 g/mol. The monoisotopic (exact) mass is 262 g/mol. The molecule has 0 aliphatic heterocycles. The second-order valence-electron chi connectivity index (χ2n) is 5.35. The Kier molecular flexibility index (Phi) is 3.98. The number of nitrogens with one attached hydrogen (secondary N) is 1. The summed E-state index contributed by atoms with van der Waals surface area (Å²) in [7, 11) is 1.56. The number of nitrogen functional groups attached to an aromatic ring is 1. The van der Waals surface area contributed by atoms with Crippen molar-refractivity contribution in [3.63, 3.8) is 0 Å². The second kappa shape index (κ2) is 5.51. The summed E-state index contributed by atoms with van der Waals surface area (Å²) in [6, 6.07) is 5.13. The number of hydrogen-bond donors (Lipinski definition) is 2. The molecule has 19 heavy (non-hydrogen) atoms. The van der Waals surface area contributed by atoms with Crippen molar-refractivity contribution >= 4 is 11.6 Å². The summed E-state index contributed by atoms with van der Waals surface area (Å²) < 4.78 is 5.08. The predicted octanol–water partition coefficient (Wildman–Crippen LogP) is 2.59. The normalized spacial score (nSPS) is 16.5. The van der Waals surface area contributed by atoms with Crippen LogP contribution in [0.3, 0.4) is 0 Å². The standard InChI is InChI=1S/C15H22N2O2/c1-3-15(7-4-8-15)10-17-14(18)11-5-6-13(19-2)12(16)9-11/h5-6,9H,3-4,7-8,10,16H2,1-2H3,(H,17,18). The molecule has 1 aliphatic carbocycles. The van der Waals surface area contributed by atoms with E-state index in [1.165, 1.54) is 19.3 Å². The Bertz CT molecular complexity index is 462. The highest BCUT2D eigenvalue weighted by molar-refractivity contribution is 5.95. The van der Waals surface area contributed by atoms with Gasteiger partial charge in [-0.3, -0.25) is 4.79 Å². The molecule has 1 saturated carbocycles. The van der Waals surface area contributed by atoms with E-state index in [9.17, 15) is 4.79 Å². The van der Waals surface area contributed by atoms with Crippen molar-refractivity contribution < 1.29 is 9.53 Å². The van der Waals surface area contributed by atoms with E-state index in [1.807, 2.05) is 0 Å². The number of rotatable bonds is 5. The van der Waals surface area contributed by atoms with Crippen LogP contribution in [0.5, 0.6) is 5.75 Å². The molecule has 104 valence electrons. The zero-order chi connectivity index (χ0) is 13.9. The van der Waals surface area contributed by atoms with Gasteiger partial charge < -0.3 is 15.8 Å². The van der Waals surface area contributed by atoms with Gasteiger partial charge in [0.25, 0.3) is 5.91 Å². The summed E-state index contributed by atoms with van der Waals surface area (Å²) in [5, 5.41) is 3.02. The van der Waals surface area contributed by atoms with Gasteiger partial charge in [0.15, 0.2) is 0 Å². The van der Waals surface area contributed by atoms with E-state index in [4.69, 9.17) is 10.5 Å². The fourth-order valence-corrected chi connectivity index (χ4v) is 2.58. The van der Waals surface area contributed by atoms with Crippen LogP contribution in [0.1, 0.15) is 43.0 Å². The van der Waals surface area contributed by atoms with Crippen molar-refractivity contribution in [2.24, 2.45) is 5.41 Å². The third kappa shape index (κ3) is 2.83. The molecule has 0 unspecified atom stereocenters. The second-order valence-corrected chi connectivity index (χ2v) is 5.35. The highest BCUT2D eigenvalue weighted by Gasteiger charge is 2.35. The first-order chi connectivity index (χ1) is 9.10. The van der Waals surface area contributed by atoms with Crippen molar-refractivity contribution in [1.82, 2.24) is 5.32 Å². The fourth-order valence-electron chi connectivity index (χ4n) is 2.58. The Balaban J connectivity index is 1.98. The smallest absolute Gasteiger partial charge is 0.251 e. The van der Waals surface area contributed by atoms with Crippen LogP contribution in [0.15, 0.2) is 18.2 Å². The van der Waals surface area contributed by atoms with Crippen molar-refractivity contribution in [1.29, 1.82) is 0 Å². The molecule has 1 aromatic carbocycles. The Morgan fingerprint density at radius 2 is 2.21 bits per heavy atom. The molecule has 1 amide bonds. The Labute approximate surface area is 114 Å². The van der Waals surface area contributed by atoms with Gasteiger partial charge >= 0.3 is 0 Å². The molecule has 1 fully saturated rings. The number of benzene rings is 1. The maximum absolute atomic E-state index is 12.1. The maximum atomic E-state index is 12.1. The summed E-state index contributed by atoms with van der Waals surface area (Å²) in [5.41, 5.74) is 7.21. The lowest BCUT2D eigenvalue weighted by Gasteiger charge is -2.41. The highest BCUT2D eigenvalue weighted by Crippen LogP contribution is 2.43. The third-order valence-corrected chi connectivity index (χ3v) is 4.28. The quantitative estimate of drug-likeness (QED) is 0.802. The van der Waals surface area contributed by atoms with Crippen LogP contribution in [0, 0.1) is 5.41 Å². The number of methoxy groups -OCH3 is 1. The van der Waals surface area contributed by atoms with Crippen molar-refractivity contribution in [2.75, 3.05) is 19.4 Å². The number of nitrogens with two attached hydrogens (primary N) is 1. The van der Waals surface area contributed by atoms with Crippen LogP contribution in [-0.4, -0.2) is 19.6 Å². The summed E-state index contributed by atoms with van der Waals surface area (Å²) in [5.74, 6) is 0.537. The van der Waals surface area contributed by atoms with Gasteiger partial charge in [-0.2, -0.15) is 0 Å². The lowest BCUT2D eigenvalue weighted by atomic mass is 9.67. The largest absolute Gasteiger partial charge is 0.495 e. The SMILES string of the molecule is CCC1(CNC(=O)c2ccc(OC)c(N)c2)CCC1. The molecule has 0 saturated heterocycles. The predicted molar refractivity (Wildman–Crippen MR) is 76.3 cm³/mol. The first-order valence-electron chi connectivity index (χ1n) is 6.82. The average Bonchev–Trinajstić information content (AvgIpc) is 2.37. The first kappa shape index (κ1) is 13.7. The Morgan fingerprint density at radius 1 is 1.47 bits per heavy atom. The summed E-state index contributed by atoms with van der Waals surface area (Å²) >= 11 is 0. The highest BCUT2D eigenvalue weighted by atomic mass is 16.5. The number of hydrogen-bond acceptors (Lipinski definition) is 3. The van der Waals surface area contributed by atoms with Crippen LogP contribution in [0.25, 0.3) is 0 Å². The Hall–Kier alpha value is -1.71. The number of anilines is 1. The van der Waals surface area contributed by atoms with E-state index in [2.05, 4.69) is 12.2 Å². The molecular weight excluding hydrogens is 240 g/mol. The van der Waals surface area contributed by atoms with Crippen molar-refractivity contribution in [3.05, 3.63) is 23.8 Å². The van der Waals surface area contributed by atoms with Gasteiger partial charge in [0.2, 0.25) is 0 Å². The molecule has 4 heteroatoms. The minimum Gasteiger partial charge on any atom is -0.495 e. The fraction of sp³-hybridized carbons (Fsp3) is 0.533. The van der Waals surface area contributed by atoms with Crippen LogP contribution in [0.4, 0.5) is 5.69 Å². The van der Waals surface area contributed by atoms with E-state index in [-0.39, 0.29) is 5.91 Å². The molecule has 0 radical (unpaired) electrons. The number of carbonyl (C=O) groups is 1. The Morgan fingerprint density at radius 3 is 2.68 bits per heavy atom. The number of carbonyl (C=O) groups excluding carboxylic acids is 1. The van der Waals surface area contributed by atoms with E-state index >= 15 is 0 Å². The van der Waals surface area contributed by atoms with Gasteiger partial charge in [-0.05, 0) is 42.9 Å². The molecule has 1 aliphatic rings. The van der Waals surface area contributed by atoms with Gasteiger partial charge in [-0.15, -0.1) is 0 Å². The van der Waals surface area contributed by atoms with Gasteiger partial charge in [0.1, 0.15) is 5.75 Å². The minimum absolute atomic E-state index is 0.0610. The van der Waals surface area contributed by atoms with Gasteiger partial charge in [-0.1, -0.05) is 13.3 Å². The molecule has 2 rings (SSSR count). The number of amides is 1. The summed E-state index contributed by atoms with van der Waals surface area (Å²) in [4.78, 5) is 12.1. The molecule has 0 spiro atoms. The van der Waals surface area contributed by atoms with Gasteiger partial charge in [0, 0.05) is 12.1 Å². The molecule has 0 aromatic heterocycles. The van der Waals surface area contributed by atoms with E-state index in [0.717, 1.165) is 13.0 Å². The molecule has 0 heterocycles. The lowest BCUT2D eigenvalue weighted by molar-refractivity contribution is 0.0850. The molecule has 0 atom stereocenters. The van der Waals surface area contributed by atoms with E-state index < -0.39 is 0 Å². The first-order valence-corrected chi connectivity index (χ1v) is 6.82. The van der Waals surface area contributed by atoms with Crippen molar-refractivity contribution in [3.8, 4) is 5.75 Å². The van der Waals surface area contributed by atoms with E-state index in [0.29, 0.717) is 22.4 Å². The third-order valence-electron chi connectivity index (χ3n) is 4.28. The maximum Gasteiger partial charge on any atom is 0.251 e. The summed E-state index contributed by atoms with van der Waals surface area (Å²) in [6.45, 7) is 2.95. The molecular formula is C15H22N2O2. The zero-order valence-corrected chi connectivity index (χ0v) is 11.7. The molecule has 3 N–H and O–H groups in total. The van der Waals surface area contributed by atoms with Crippen LogP contribution in [0.2, 0.25) is 0 Å². The van der Waals surface area contributed by atoms with Gasteiger partial charge in [0.05, 0.1) is 12.8 Å². The van der Waals surface area contributed by atoms with E-state index in [1.54, 1.807) is 25.3 Å². The van der Waals surface area contributed by atoms with Crippen LogP contribution < -0.4 is 15.8 Å². The summed E-state index contributed by atoms with van der Waals surface area (Å²) in [6.07, 6.45) is 4.83. The van der Waals surface area contributed by atoms with Crippen LogP contribution in [-0.2, 0) is 0 Å². The molecule has 1 aromatic rings.